The Hall–Kier alpha value is -1.59. The molecule has 1 aliphatic carbocycles. The first-order valence-corrected chi connectivity index (χ1v) is 5.87. The van der Waals surface area contributed by atoms with Gasteiger partial charge in [-0.2, -0.15) is 0 Å². The van der Waals surface area contributed by atoms with E-state index < -0.39 is 17.9 Å². The molecule has 1 aliphatic rings. The lowest BCUT2D eigenvalue weighted by atomic mass is 10.1. The minimum atomic E-state index is -1.05. The molecule has 0 aromatic carbocycles. The standard InChI is InChI=1S/C11H18N2O4/c14-9(5-6-10(15)16)13-11(17)12-7-8-3-1-2-4-8/h8H,1-7H2,(H,15,16)(H2,12,13,14,17). The Morgan fingerprint density at radius 3 is 2.35 bits per heavy atom. The first kappa shape index (κ1) is 13.5. The maximum Gasteiger partial charge on any atom is 0.321 e. The Labute approximate surface area is 99.8 Å². The van der Waals surface area contributed by atoms with Crippen LogP contribution in [0.15, 0.2) is 0 Å². The van der Waals surface area contributed by atoms with Crippen molar-refractivity contribution in [2.24, 2.45) is 5.92 Å². The second-order valence-corrected chi connectivity index (χ2v) is 4.30. The van der Waals surface area contributed by atoms with Crippen molar-refractivity contribution in [1.82, 2.24) is 10.6 Å². The largest absolute Gasteiger partial charge is 0.481 e. The first-order valence-electron chi connectivity index (χ1n) is 5.87. The smallest absolute Gasteiger partial charge is 0.321 e. The van der Waals surface area contributed by atoms with Crippen LogP contribution >= 0.6 is 0 Å². The van der Waals surface area contributed by atoms with E-state index >= 15 is 0 Å². The highest BCUT2D eigenvalue weighted by atomic mass is 16.4. The number of carbonyl (C=O) groups is 3. The highest BCUT2D eigenvalue weighted by molar-refractivity contribution is 5.95. The molecule has 0 saturated heterocycles. The Morgan fingerprint density at radius 2 is 1.76 bits per heavy atom. The van der Waals surface area contributed by atoms with Crippen LogP contribution in [0.4, 0.5) is 4.79 Å². The van der Waals surface area contributed by atoms with Crippen LogP contribution in [-0.4, -0.2) is 29.6 Å². The van der Waals surface area contributed by atoms with Crippen molar-refractivity contribution in [2.75, 3.05) is 6.54 Å². The molecule has 0 aromatic heterocycles. The normalized spacial score (nSPS) is 15.5. The number of carboxylic acids is 1. The van der Waals surface area contributed by atoms with Gasteiger partial charge in [-0.1, -0.05) is 12.8 Å². The molecule has 6 heteroatoms. The molecule has 1 fully saturated rings. The van der Waals surface area contributed by atoms with Crippen molar-refractivity contribution >= 4 is 17.9 Å². The Balaban J connectivity index is 2.10. The van der Waals surface area contributed by atoms with Crippen molar-refractivity contribution in [3.05, 3.63) is 0 Å². The van der Waals surface area contributed by atoms with Gasteiger partial charge < -0.3 is 10.4 Å². The van der Waals surface area contributed by atoms with Crippen LogP contribution in [0.5, 0.6) is 0 Å². The molecule has 3 N–H and O–H groups in total. The van der Waals surface area contributed by atoms with Crippen LogP contribution in [0.3, 0.4) is 0 Å². The van der Waals surface area contributed by atoms with Gasteiger partial charge in [0, 0.05) is 13.0 Å². The number of nitrogens with one attached hydrogen (secondary N) is 2. The minimum Gasteiger partial charge on any atom is -0.481 e. The van der Waals surface area contributed by atoms with Crippen LogP contribution in [0.2, 0.25) is 0 Å². The molecule has 96 valence electrons. The molecule has 3 amide bonds. The Morgan fingerprint density at radius 1 is 1.12 bits per heavy atom. The number of hydrogen-bond acceptors (Lipinski definition) is 3. The summed E-state index contributed by atoms with van der Waals surface area (Å²) >= 11 is 0. The SMILES string of the molecule is O=C(O)CCC(=O)NC(=O)NCC1CCCC1. The summed E-state index contributed by atoms with van der Waals surface area (Å²) in [7, 11) is 0. The van der Waals surface area contributed by atoms with E-state index in [9.17, 15) is 14.4 Å². The average Bonchev–Trinajstić information content (AvgIpc) is 2.76. The number of imide groups is 1. The van der Waals surface area contributed by atoms with Gasteiger partial charge in [0.15, 0.2) is 0 Å². The van der Waals surface area contributed by atoms with Gasteiger partial charge in [0.1, 0.15) is 0 Å². The number of aliphatic carboxylic acids is 1. The Kier molecular flexibility index (Phi) is 5.45. The summed E-state index contributed by atoms with van der Waals surface area (Å²) in [5.41, 5.74) is 0. The van der Waals surface area contributed by atoms with Crippen molar-refractivity contribution in [2.45, 2.75) is 38.5 Å². The average molecular weight is 242 g/mol. The van der Waals surface area contributed by atoms with E-state index in [0.717, 1.165) is 12.8 Å². The van der Waals surface area contributed by atoms with Crippen molar-refractivity contribution in [3.63, 3.8) is 0 Å². The molecule has 0 aromatic rings. The third-order valence-electron chi connectivity index (χ3n) is 2.84. The second-order valence-electron chi connectivity index (χ2n) is 4.30. The van der Waals surface area contributed by atoms with E-state index in [1.165, 1.54) is 12.8 Å². The molecule has 0 spiro atoms. The van der Waals surface area contributed by atoms with Gasteiger partial charge in [-0.15, -0.1) is 0 Å². The number of rotatable bonds is 5. The van der Waals surface area contributed by atoms with Crippen LogP contribution < -0.4 is 10.6 Å². The molecule has 1 rings (SSSR count). The summed E-state index contributed by atoms with van der Waals surface area (Å²) in [5.74, 6) is -1.10. The van der Waals surface area contributed by atoms with Gasteiger partial charge in [-0.3, -0.25) is 14.9 Å². The molecule has 17 heavy (non-hydrogen) atoms. The molecule has 1 saturated carbocycles. The third kappa shape index (κ3) is 5.89. The molecule has 0 aliphatic heterocycles. The zero-order chi connectivity index (χ0) is 12.7. The topological polar surface area (TPSA) is 95.5 Å². The van der Waals surface area contributed by atoms with Gasteiger partial charge in [0.25, 0.3) is 0 Å². The summed E-state index contributed by atoms with van der Waals surface area (Å²) in [6.45, 7) is 0.581. The number of carbonyl (C=O) groups excluding carboxylic acids is 2. The zero-order valence-electron chi connectivity index (χ0n) is 9.70. The molecular formula is C11H18N2O4. The molecule has 0 atom stereocenters. The predicted molar refractivity (Wildman–Crippen MR) is 60.4 cm³/mol. The number of carboxylic acid groups (broad SMARTS) is 1. The number of hydrogen-bond donors (Lipinski definition) is 3. The van der Waals surface area contributed by atoms with Gasteiger partial charge >= 0.3 is 12.0 Å². The number of urea groups is 1. The third-order valence-corrected chi connectivity index (χ3v) is 2.84. The van der Waals surface area contributed by atoms with Crippen molar-refractivity contribution < 1.29 is 19.5 Å². The fourth-order valence-corrected chi connectivity index (χ4v) is 1.91. The minimum absolute atomic E-state index is 0.174. The van der Waals surface area contributed by atoms with Crippen LogP contribution in [0, 0.1) is 5.92 Å². The van der Waals surface area contributed by atoms with Crippen molar-refractivity contribution in [3.8, 4) is 0 Å². The fourth-order valence-electron chi connectivity index (χ4n) is 1.91. The predicted octanol–water partition coefficient (Wildman–Crippen LogP) is 0.867. The van der Waals surface area contributed by atoms with Gasteiger partial charge in [0.05, 0.1) is 6.42 Å². The monoisotopic (exact) mass is 242 g/mol. The molecule has 0 unspecified atom stereocenters. The van der Waals surface area contributed by atoms with E-state index in [4.69, 9.17) is 5.11 Å². The van der Waals surface area contributed by atoms with Gasteiger partial charge in [-0.25, -0.2) is 4.79 Å². The van der Waals surface area contributed by atoms with E-state index in [1.807, 2.05) is 0 Å². The number of amides is 3. The lowest BCUT2D eigenvalue weighted by molar-refractivity contribution is -0.138. The highest BCUT2D eigenvalue weighted by Crippen LogP contribution is 2.23. The summed E-state index contributed by atoms with van der Waals surface area (Å²) in [4.78, 5) is 32.6. The van der Waals surface area contributed by atoms with E-state index in [0.29, 0.717) is 12.5 Å². The van der Waals surface area contributed by atoms with Gasteiger partial charge in [-0.05, 0) is 18.8 Å². The van der Waals surface area contributed by atoms with Crippen LogP contribution in [0.25, 0.3) is 0 Å². The maximum absolute atomic E-state index is 11.3. The molecular weight excluding hydrogens is 224 g/mol. The summed E-state index contributed by atoms with van der Waals surface area (Å²) in [5, 5.41) is 13.1. The van der Waals surface area contributed by atoms with Crippen LogP contribution in [-0.2, 0) is 9.59 Å². The highest BCUT2D eigenvalue weighted by Gasteiger charge is 2.16. The molecule has 0 bridgehead atoms. The summed E-state index contributed by atoms with van der Waals surface area (Å²) < 4.78 is 0. The lowest BCUT2D eigenvalue weighted by Crippen LogP contribution is -2.41. The molecule has 0 heterocycles. The summed E-state index contributed by atoms with van der Waals surface area (Å²) in [6.07, 6.45) is 4.20. The Bertz CT molecular complexity index is 298. The second kappa shape index (κ2) is 6.88. The van der Waals surface area contributed by atoms with E-state index in [1.54, 1.807) is 0 Å². The van der Waals surface area contributed by atoms with E-state index in [2.05, 4.69) is 10.6 Å². The van der Waals surface area contributed by atoms with Gasteiger partial charge in [0.2, 0.25) is 5.91 Å². The van der Waals surface area contributed by atoms with Crippen molar-refractivity contribution in [1.29, 1.82) is 0 Å². The maximum atomic E-state index is 11.3. The zero-order valence-corrected chi connectivity index (χ0v) is 9.70. The lowest BCUT2D eigenvalue weighted by Gasteiger charge is -2.10. The van der Waals surface area contributed by atoms with E-state index in [-0.39, 0.29) is 12.8 Å². The molecule has 6 nitrogen and oxygen atoms in total. The molecule has 0 radical (unpaired) electrons. The van der Waals surface area contributed by atoms with Crippen LogP contribution in [0.1, 0.15) is 38.5 Å². The fraction of sp³-hybridized carbons (Fsp3) is 0.727. The summed E-state index contributed by atoms with van der Waals surface area (Å²) in [6, 6.07) is -0.535. The first-order chi connectivity index (χ1) is 8.08. The quantitative estimate of drug-likeness (QED) is 0.666.